The van der Waals surface area contributed by atoms with Crippen molar-refractivity contribution >= 4 is 23.5 Å². The normalized spacial score (nSPS) is 22.7. The van der Waals surface area contributed by atoms with E-state index in [0.717, 1.165) is 5.69 Å². The zero-order valence-electron chi connectivity index (χ0n) is 17.9. The number of piperidine rings is 1. The summed E-state index contributed by atoms with van der Waals surface area (Å²) >= 11 is 0. The Kier molecular flexibility index (Phi) is 4.93. The van der Waals surface area contributed by atoms with Crippen molar-refractivity contribution in [3.05, 3.63) is 59.2 Å². The molecule has 0 aromatic heterocycles. The number of aromatic hydroxyl groups is 1. The van der Waals surface area contributed by atoms with Crippen LogP contribution in [0.15, 0.2) is 42.5 Å². The lowest BCUT2D eigenvalue weighted by Crippen LogP contribution is -2.62. The predicted octanol–water partition coefficient (Wildman–Crippen LogP) is 1.71. The molecule has 168 valence electrons. The number of imide groups is 1. The Morgan fingerprint density at radius 2 is 1.88 bits per heavy atom. The number of anilines is 1. The van der Waals surface area contributed by atoms with Gasteiger partial charge in [0, 0.05) is 25.2 Å². The highest BCUT2D eigenvalue weighted by Crippen LogP contribution is 2.36. The molecule has 3 aliphatic heterocycles. The molecule has 0 saturated carbocycles. The predicted molar refractivity (Wildman–Crippen MR) is 118 cm³/mol. The number of hydrogen-bond acceptors (Lipinski definition) is 6. The molecule has 0 aliphatic carbocycles. The van der Waals surface area contributed by atoms with Crippen molar-refractivity contribution in [1.82, 2.24) is 15.5 Å². The van der Waals surface area contributed by atoms with E-state index in [1.54, 1.807) is 23.1 Å². The summed E-state index contributed by atoms with van der Waals surface area (Å²) < 4.78 is 0. The number of urea groups is 1. The molecule has 5 rings (SSSR count). The van der Waals surface area contributed by atoms with E-state index >= 15 is 0 Å². The molecular weight excluding hydrogens is 422 g/mol. The zero-order chi connectivity index (χ0) is 23.2. The number of rotatable bonds is 4. The average molecular weight is 445 g/mol. The molecule has 1 unspecified atom stereocenters. The average Bonchev–Trinajstić information content (AvgIpc) is 3.28. The van der Waals surface area contributed by atoms with Gasteiger partial charge in [-0.05, 0) is 54.7 Å². The summed E-state index contributed by atoms with van der Waals surface area (Å²) in [6.07, 6.45) is 1.23. The fourth-order valence-corrected chi connectivity index (χ4v) is 5.29. The van der Waals surface area contributed by atoms with E-state index in [1.807, 2.05) is 18.2 Å². The lowest BCUT2D eigenvalue weighted by Gasteiger charge is -2.42. The molecule has 4 amide bonds. The fourth-order valence-electron chi connectivity index (χ4n) is 5.29. The number of carbonyl (C=O) groups excluding carboxylic acids is 3. The first-order valence-electron chi connectivity index (χ1n) is 10.9. The second-order valence-corrected chi connectivity index (χ2v) is 8.77. The number of para-hydroxylation sites is 1. The van der Waals surface area contributed by atoms with Gasteiger partial charge in [0.1, 0.15) is 17.4 Å². The Labute approximate surface area is 190 Å². The Morgan fingerprint density at radius 3 is 2.58 bits per heavy atom. The van der Waals surface area contributed by atoms with Crippen LogP contribution < -0.4 is 15.5 Å². The molecule has 2 saturated heterocycles. The molecule has 3 N–H and O–H groups in total. The van der Waals surface area contributed by atoms with Gasteiger partial charge in [0.2, 0.25) is 0 Å². The van der Waals surface area contributed by atoms with Crippen molar-refractivity contribution in [2.45, 2.75) is 24.9 Å². The number of phenolic OH excluding ortho intramolecular Hbond substituents is 1. The van der Waals surface area contributed by atoms with E-state index in [-0.39, 0.29) is 30.7 Å². The Hall–Kier alpha value is -4.06. The van der Waals surface area contributed by atoms with Gasteiger partial charge in [0.25, 0.3) is 11.8 Å². The maximum atomic E-state index is 13.1. The summed E-state index contributed by atoms with van der Waals surface area (Å²) in [6.45, 7) is 1.56. The Morgan fingerprint density at radius 1 is 1.12 bits per heavy atom. The van der Waals surface area contributed by atoms with Crippen molar-refractivity contribution in [1.29, 1.82) is 5.26 Å². The maximum Gasteiger partial charge on any atom is 0.322 e. The first-order valence-corrected chi connectivity index (χ1v) is 10.9. The number of nitrogens with one attached hydrogen (secondary N) is 2. The standard InChI is InChI=1S/C24H23N5O4/c25-12-15-3-1-2-4-20(15)28-9-7-17(8-10-28)24(22(32)26-23(33)27-24)14-29-13-16-11-18(30)5-6-19(16)21(29)31/h1-6,11,17,30H,7-10,13-14H2,(H2,26,27,32,33). The summed E-state index contributed by atoms with van der Waals surface area (Å²) in [5.41, 5.74) is 1.43. The lowest BCUT2D eigenvalue weighted by atomic mass is 9.77. The van der Waals surface area contributed by atoms with Crippen molar-refractivity contribution in [2.24, 2.45) is 5.92 Å². The summed E-state index contributed by atoms with van der Waals surface area (Å²) in [4.78, 5) is 41.9. The molecule has 33 heavy (non-hydrogen) atoms. The summed E-state index contributed by atoms with van der Waals surface area (Å²) in [6, 6.07) is 13.7. The van der Waals surface area contributed by atoms with Crippen molar-refractivity contribution in [3.8, 4) is 11.8 Å². The molecule has 0 radical (unpaired) electrons. The zero-order valence-corrected chi connectivity index (χ0v) is 17.9. The van der Waals surface area contributed by atoms with E-state index in [1.165, 1.54) is 6.07 Å². The van der Waals surface area contributed by atoms with Crippen LogP contribution in [0.1, 0.15) is 34.3 Å². The van der Waals surface area contributed by atoms with Crippen LogP contribution in [0, 0.1) is 17.2 Å². The molecule has 2 aromatic rings. The third-order valence-electron chi connectivity index (χ3n) is 6.93. The van der Waals surface area contributed by atoms with Gasteiger partial charge in [-0.15, -0.1) is 0 Å². The Balaban J connectivity index is 1.37. The summed E-state index contributed by atoms with van der Waals surface area (Å²) in [5.74, 6) is -0.747. The highest BCUT2D eigenvalue weighted by atomic mass is 16.3. The number of phenols is 1. The van der Waals surface area contributed by atoms with Gasteiger partial charge >= 0.3 is 6.03 Å². The molecular formula is C24H23N5O4. The molecule has 3 heterocycles. The Bertz CT molecular complexity index is 1200. The van der Waals surface area contributed by atoms with Gasteiger partial charge in [-0.2, -0.15) is 5.26 Å². The van der Waals surface area contributed by atoms with E-state index in [4.69, 9.17) is 0 Å². The first-order chi connectivity index (χ1) is 15.9. The van der Waals surface area contributed by atoms with E-state index in [0.29, 0.717) is 42.6 Å². The van der Waals surface area contributed by atoms with Crippen LogP contribution in [-0.4, -0.2) is 53.0 Å². The van der Waals surface area contributed by atoms with Crippen molar-refractivity contribution in [2.75, 3.05) is 24.5 Å². The molecule has 9 nitrogen and oxygen atoms in total. The van der Waals surface area contributed by atoms with E-state index < -0.39 is 17.5 Å². The van der Waals surface area contributed by atoms with Crippen LogP contribution in [-0.2, 0) is 11.3 Å². The number of nitriles is 1. The minimum atomic E-state index is -1.22. The maximum absolute atomic E-state index is 13.1. The second kappa shape index (κ2) is 7.81. The van der Waals surface area contributed by atoms with Crippen LogP contribution in [0.5, 0.6) is 5.75 Å². The molecule has 1 atom stereocenters. The second-order valence-electron chi connectivity index (χ2n) is 8.77. The number of carbonyl (C=O) groups is 3. The van der Waals surface area contributed by atoms with Crippen LogP contribution in [0.25, 0.3) is 0 Å². The number of fused-ring (bicyclic) bond motifs is 1. The van der Waals surface area contributed by atoms with E-state index in [9.17, 15) is 24.8 Å². The SMILES string of the molecule is N#Cc1ccccc1N1CCC(C2(CN3Cc4cc(O)ccc4C3=O)NC(=O)NC2=O)CC1. The largest absolute Gasteiger partial charge is 0.508 e. The van der Waals surface area contributed by atoms with Gasteiger partial charge in [-0.3, -0.25) is 14.9 Å². The third-order valence-corrected chi connectivity index (χ3v) is 6.93. The summed E-state index contributed by atoms with van der Waals surface area (Å²) in [7, 11) is 0. The van der Waals surface area contributed by atoms with Gasteiger partial charge in [-0.25, -0.2) is 4.79 Å². The van der Waals surface area contributed by atoms with Gasteiger partial charge in [0.15, 0.2) is 0 Å². The summed E-state index contributed by atoms with van der Waals surface area (Å²) in [5, 5.41) is 24.4. The van der Waals surface area contributed by atoms with Gasteiger partial charge < -0.3 is 20.2 Å². The van der Waals surface area contributed by atoms with Crippen LogP contribution in [0.2, 0.25) is 0 Å². The van der Waals surface area contributed by atoms with Gasteiger partial charge in [0.05, 0.1) is 17.8 Å². The minimum Gasteiger partial charge on any atom is -0.508 e. The monoisotopic (exact) mass is 445 g/mol. The van der Waals surface area contributed by atoms with Crippen LogP contribution >= 0.6 is 0 Å². The third kappa shape index (κ3) is 3.44. The number of amides is 4. The number of benzene rings is 2. The first kappa shape index (κ1) is 20.8. The van der Waals surface area contributed by atoms with Crippen LogP contribution in [0.4, 0.5) is 10.5 Å². The topological polar surface area (TPSA) is 126 Å². The van der Waals surface area contributed by atoms with E-state index in [2.05, 4.69) is 21.6 Å². The highest BCUT2D eigenvalue weighted by molar-refractivity contribution is 6.08. The quantitative estimate of drug-likeness (QED) is 0.615. The van der Waals surface area contributed by atoms with Crippen molar-refractivity contribution in [3.63, 3.8) is 0 Å². The highest BCUT2D eigenvalue weighted by Gasteiger charge is 2.54. The van der Waals surface area contributed by atoms with Crippen molar-refractivity contribution < 1.29 is 19.5 Å². The van der Waals surface area contributed by atoms with Gasteiger partial charge in [-0.1, -0.05) is 12.1 Å². The molecule has 9 heteroatoms. The molecule has 0 bridgehead atoms. The van der Waals surface area contributed by atoms with Crippen LogP contribution in [0.3, 0.4) is 0 Å². The molecule has 2 fully saturated rings. The fraction of sp³-hybridized carbons (Fsp3) is 0.333. The lowest BCUT2D eigenvalue weighted by molar-refractivity contribution is -0.126. The molecule has 3 aliphatic rings. The smallest absolute Gasteiger partial charge is 0.322 e. The number of hydrogen-bond donors (Lipinski definition) is 3. The molecule has 2 aromatic carbocycles. The number of nitrogens with zero attached hydrogens (tertiary/aromatic N) is 3. The minimum absolute atomic E-state index is 0.0539. The molecule has 0 spiro atoms.